The van der Waals surface area contributed by atoms with Crippen LogP contribution in [0.5, 0.6) is 0 Å². The molecule has 1 fully saturated rings. The van der Waals surface area contributed by atoms with Crippen LogP contribution in [0.1, 0.15) is 12.8 Å². The van der Waals surface area contributed by atoms with Crippen LogP contribution in [0.4, 0.5) is 0 Å². The third-order valence-corrected chi connectivity index (χ3v) is 2.84. The summed E-state index contributed by atoms with van der Waals surface area (Å²) in [5, 5.41) is 37.6. The van der Waals surface area contributed by atoms with Crippen molar-refractivity contribution in [2.75, 3.05) is 6.61 Å². The van der Waals surface area contributed by atoms with Gasteiger partial charge < -0.3 is 34.6 Å². The first-order chi connectivity index (χ1) is 9.86. The molecule has 0 bridgehead atoms. The molecule has 1 aliphatic rings. The van der Waals surface area contributed by atoms with Crippen LogP contribution in [0.3, 0.4) is 0 Å². The van der Waals surface area contributed by atoms with E-state index in [2.05, 4.69) is 11.3 Å². The molecule has 21 heavy (non-hydrogen) atoms. The molecule has 0 saturated carbocycles. The highest BCUT2D eigenvalue weighted by molar-refractivity contribution is 5.77. The quantitative estimate of drug-likeness (QED) is 0.317. The summed E-state index contributed by atoms with van der Waals surface area (Å²) in [4.78, 5) is 22.3. The molecule has 4 N–H and O–H groups in total. The van der Waals surface area contributed by atoms with Gasteiger partial charge in [-0.25, -0.2) is 0 Å². The summed E-state index contributed by atoms with van der Waals surface area (Å²) in [6, 6.07) is 0. The molecule has 1 rings (SSSR count). The molecule has 9 nitrogen and oxygen atoms in total. The second-order valence-electron chi connectivity index (χ2n) is 4.38. The fourth-order valence-electron chi connectivity index (χ4n) is 1.67. The van der Waals surface area contributed by atoms with Crippen molar-refractivity contribution >= 4 is 11.9 Å². The fourth-order valence-corrected chi connectivity index (χ4v) is 1.67. The van der Waals surface area contributed by atoms with Gasteiger partial charge in [0, 0.05) is 0 Å². The van der Waals surface area contributed by atoms with Gasteiger partial charge in [0.1, 0.15) is 31.0 Å². The zero-order valence-electron chi connectivity index (χ0n) is 11.1. The first kappa shape index (κ1) is 17.5. The van der Waals surface area contributed by atoms with Crippen molar-refractivity contribution in [3.63, 3.8) is 0 Å². The molecule has 0 aromatic rings. The maximum atomic E-state index is 11.4. The lowest BCUT2D eigenvalue weighted by Crippen LogP contribution is -2.58. The van der Waals surface area contributed by atoms with Crippen LogP contribution in [0.15, 0.2) is 12.8 Å². The van der Waals surface area contributed by atoms with E-state index in [4.69, 9.17) is 9.47 Å². The predicted molar refractivity (Wildman–Crippen MR) is 65.4 cm³/mol. The summed E-state index contributed by atoms with van der Waals surface area (Å²) in [5.74, 6) is -1.40. The van der Waals surface area contributed by atoms with Crippen molar-refractivity contribution in [2.24, 2.45) is 0 Å². The second kappa shape index (κ2) is 8.05. The number of carbonyl (C=O) groups excluding carboxylic acids is 2. The van der Waals surface area contributed by atoms with Crippen LogP contribution >= 0.6 is 0 Å². The summed E-state index contributed by atoms with van der Waals surface area (Å²) in [6.45, 7) is 2.74. The molecule has 5 atom stereocenters. The fraction of sp³-hybridized carbons (Fsp3) is 0.667. The number of esters is 2. The molecule has 120 valence electrons. The van der Waals surface area contributed by atoms with E-state index in [1.54, 1.807) is 0 Å². The number of aliphatic hydroxyl groups excluding tert-OH is 4. The van der Waals surface area contributed by atoms with Crippen molar-refractivity contribution in [3.8, 4) is 0 Å². The van der Waals surface area contributed by atoms with Gasteiger partial charge >= 0.3 is 11.9 Å². The molecule has 0 amide bonds. The average Bonchev–Trinajstić information content (AvgIpc) is 2.45. The average molecular weight is 306 g/mol. The van der Waals surface area contributed by atoms with Gasteiger partial charge in [-0.05, 0) is 0 Å². The molecule has 0 aliphatic carbocycles. The molecule has 0 spiro atoms. The largest absolute Gasteiger partial charge is 0.463 e. The maximum Gasteiger partial charge on any atom is 0.311 e. The van der Waals surface area contributed by atoms with Crippen LogP contribution in [0, 0.1) is 0 Å². The van der Waals surface area contributed by atoms with E-state index in [9.17, 15) is 30.0 Å². The van der Waals surface area contributed by atoms with E-state index >= 15 is 0 Å². The van der Waals surface area contributed by atoms with Crippen LogP contribution in [0.2, 0.25) is 0 Å². The maximum absolute atomic E-state index is 11.4. The van der Waals surface area contributed by atoms with Crippen molar-refractivity contribution in [1.82, 2.24) is 0 Å². The van der Waals surface area contributed by atoms with E-state index < -0.39 is 49.3 Å². The molecule has 0 radical (unpaired) electrons. The van der Waals surface area contributed by atoms with E-state index in [0.29, 0.717) is 0 Å². The van der Waals surface area contributed by atoms with Gasteiger partial charge in [-0.3, -0.25) is 9.59 Å². The standard InChI is InChI=1S/C12H18O9/c1-2-19-7(13)3-4-8(14)20-5-6-9(15)10(16)11(17)12(18)21-6/h2,6,9-12,15-18H,1,3-5H2/t6-,9-,10+,11-,12-/m1/s1. The van der Waals surface area contributed by atoms with Crippen LogP contribution in [-0.2, 0) is 23.8 Å². The van der Waals surface area contributed by atoms with Crippen molar-refractivity contribution in [1.29, 1.82) is 0 Å². The van der Waals surface area contributed by atoms with Gasteiger partial charge in [0.25, 0.3) is 0 Å². The lowest BCUT2D eigenvalue weighted by Gasteiger charge is -2.37. The Hall–Kier alpha value is -1.52. The smallest absolute Gasteiger partial charge is 0.311 e. The van der Waals surface area contributed by atoms with Crippen LogP contribution in [0.25, 0.3) is 0 Å². The summed E-state index contributed by atoms with van der Waals surface area (Å²) >= 11 is 0. The first-order valence-corrected chi connectivity index (χ1v) is 6.20. The van der Waals surface area contributed by atoms with E-state index in [-0.39, 0.29) is 12.8 Å². The van der Waals surface area contributed by atoms with Gasteiger partial charge in [0.2, 0.25) is 0 Å². The minimum Gasteiger partial charge on any atom is -0.463 e. The molecule has 9 heteroatoms. The molecule has 1 aliphatic heterocycles. The number of rotatable bonds is 6. The Kier molecular flexibility index (Phi) is 6.72. The predicted octanol–water partition coefficient (Wildman–Crippen LogP) is -2.20. The molecule has 0 aromatic carbocycles. The third kappa shape index (κ3) is 5.06. The molecular formula is C12H18O9. The first-order valence-electron chi connectivity index (χ1n) is 6.20. The summed E-state index contributed by atoms with van der Waals surface area (Å²) in [5.41, 5.74) is 0. The highest BCUT2D eigenvalue weighted by Gasteiger charge is 2.43. The molecular weight excluding hydrogens is 288 g/mol. The van der Waals surface area contributed by atoms with Crippen LogP contribution < -0.4 is 0 Å². The summed E-state index contributed by atoms with van der Waals surface area (Å²) in [7, 11) is 0. The summed E-state index contributed by atoms with van der Waals surface area (Å²) in [6.07, 6.45) is -7.21. The molecule has 1 saturated heterocycles. The second-order valence-corrected chi connectivity index (χ2v) is 4.38. The van der Waals surface area contributed by atoms with Crippen molar-refractivity contribution in [2.45, 2.75) is 43.5 Å². The Morgan fingerprint density at radius 1 is 1.05 bits per heavy atom. The van der Waals surface area contributed by atoms with E-state index in [1.807, 2.05) is 0 Å². The number of hydrogen-bond acceptors (Lipinski definition) is 9. The zero-order chi connectivity index (χ0) is 16.0. The minimum absolute atomic E-state index is 0.205. The number of carbonyl (C=O) groups is 2. The Balaban J connectivity index is 2.35. The lowest BCUT2D eigenvalue weighted by atomic mass is 9.99. The number of aliphatic hydroxyl groups is 4. The zero-order valence-corrected chi connectivity index (χ0v) is 11.1. The van der Waals surface area contributed by atoms with E-state index in [1.165, 1.54) is 0 Å². The number of hydrogen-bond donors (Lipinski definition) is 4. The normalized spacial score (nSPS) is 32.3. The van der Waals surface area contributed by atoms with Gasteiger partial charge in [0.05, 0.1) is 19.1 Å². The van der Waals surface area contributed by atoms with Crippen LogP contribution in [-0.4, -0.2) is 69.7 Å². The molecule has 0 unspecified atom stereocenters. The topological polar surface area (TPSA) is 143 Å². The third-order valence-electron chi connectivity index (χ3n) is 2.84. The van der Waals surface area contributed by atoms with Gasteiger partial charge in [-0.1, -0.05) is 6.58 Å². The highest BCUT2D eigenvalue weighted by Crippen LogP contribution is 2.20. The number of ether oxygens (including phenoxy) is 3. The van der Waals surface area contributed by atoms with Crippen molar-refractivity contribution in [3.05, 3.63) is 12.8 Å². The summed E-state index contributed by atoms with van der Waals surface area (Å²) < 4.78 is 14.0. The Labute approximate surface area is 120 Å². The Bertz CT molecular complexity index is 383. The SMILES string of the molecule is C=COC(=O)CCC(=O)OC[C@H]1O[C@@H](O)[C@H](O)[C@@H](O)[C@@H]1O. The Morgan fingerprint density at radius 2 is 1.67 bits per heavy atom. The monoisotopic (exact) mass is 306 g/mol. The van der Waals surface area contributed by atoms with Gasteiger partial charge in [0.15, 0.2) is 6.29 Å². The molecule has 1 heterocycles. The highest BCUT2D eigenvalue weighted by atomic mass is 16.6. The van der Waals surface area contributed by atoms with E-state index in [0.717, 1.165) is 6.26 Å². The van der Waals surface area contributed by atoms with Gasteiger partial charge in [-0.15, -0.1) is 0 Å². The molecule has 0 aromatic heterocycles. The minimum atomic E-state index is -1.70. The lowest BCUT2D eigenvalue weighted by molar-refractivity contribution is -0.287. The Morgan fingerprint density at radius 3 is 2.29 bits per heavy atom. The van der Waals surface area contributed by atoms with Gasteiger partial charge in [-0.2, -0.15) is 0 Å². The van der Waals surface area contributed by atoms with Crippen molar-refractivity contribution < 1.29 is 44.2 Å².